The van der Waals surface area contributed by atoms with Gasteiger partial charge in [0.15, 0.2) is 0 Å². The van der Waals surface area contributed by atoms with Gasteiger partial charge >= 0.3 is 6.03 Å². The smallest absolute Gasteiger partial charge is 0.335 e. The van der Waals surface area contributed by atoms with E-state index in [9.17, 15) is 14.4 Å². The minimum absolute atomic E-state index is 0.0919. The number of anilines is 2. The van der Waals surface area contributed by atoms with Gasteiger partial charge in [-0.3, -0.25) is 14.9 Å². The molecule has 3 heterocycles. The Morgan fingerprint density at radius 2 is 1.39 bits per heavy atom. The zero-order chi connectivity index (χ0) is 33.5. The van der Waals surface area contributed by atoms with Crippen LogP contribution in [0.15, 0.2) is 115 Å². The van der Waals surface area contributed by atoms with E-state index in [1.807, 2.05) is 67.6 Å². The number of nitrogens with zero attached hydrogens (tertiary/aromatic N) is 2. The van der Waals surface area contributed by atoms with E-state index < -0.39 is 17.8 Å². The van der Waals surface area contributed by atoms with Gasteiger partial charge in [0.25, 0.3) is 11.8 Å². The Kier molecular flexibility index (Phi) is 7.96. The fourth-order valence-electron chi connectivity index (χ4n) is 7.77. The molecule has 1 saturated heterocycles. The highest BCUT2D eigenvalue weighted by Gasteiger charge is 2.40. The van der Waals surface area contributed by atoms with Gasteiger partial charge in [-0.2, -0.15) is 0 Å². The summed E-state index contributed by atoms with van der Waals surface area (Å²) in [7, 11) is 0. The van der Waals surface area contributed by atoms with Crippen LogP contribution in [0.3, 0.4) is 0 Å². The summed E-state index contributed by atoms with van der Waals surface area (Å²) >= 11 is 0. The van der Waals surface area contributed by atoms with Crippen LogP contribution >= 0.6 is 0 Å². The van der Waals surface area contributed by atoms with Crippen molar-refractivity contribution in [3.63, 3.8) is 0 Å². The molecule has 0 spiro atoms. The molecule has 244 valence electrons. The molecule has 7 nitrogen and oxygen atoms in total. The van der Waals surface area contributed by atoms with E-state index in [0.29, 0.717) is 23.6 Å². The second-order valence-corrected chi connectivity index (χ2v) is 13.0. The Labute approximate surface area is 285 Å². The minimum Gasteiger partial charge on any atom is -0.493 e. The molecule has 2 atom stereocenters. The number of rotatable bonds is 7. The third-order valence-corrected chi connectivity index (χ3v) is 10.0. The van der Waals surface area contributed by atoms with Crippen LogP contribution in [-0.4, -0.2) is 37.5 Å². The van der Waals surface area contributed by atoms with E-state index in [0.717, 1.165) is 59.2 Å². The SMILES string of the molecule is CCCOc1ccc2ccccc2c1/C=C1\C(=O)NC(=O)N(c2cc3c4c(c2)[C@@H](c2ccccc2)CCN4CC[C@@H]3c2ccccc2)C1=O. The molecule has 1 N–H and O–H groups in total. The lowest BCUT2D eigenvalue weighted by Gasteiger charge is -2.44. The van der Waals surface area contributed by atoms with Gasteiger partial charge in [0, 0.05) is 36.2 Å². The first-order chi connectivity index (χ1) is 24.0. The van der Waals surface area contributed by atoms with Crippen LogP contribution in [0.5, 0.6) is 5.75 Å². The first-order valence-corrected chi connectivity index (χ1v) is 17.1. The number of carbonyl (C=O) groups excluding carboxylic acids is 3. The maximum Gasteiger partial charge on any atom is 0.335 e. The van der Waals surface area contributed by atoms with Gasteiger partial charge in [-0.25, -0.2) is 9.69 Å². The molecule has 3 aliphatic heterocycles. The van der Waals surface area contributed by atoms with Crippen molar-refractivity contribution in [2.45, 2.75) is 38.0 Å². The van der Waals surface area contributed by atoms with Crippen LogP contribution in [0.25, 0.3) is 16.8 Å². The average Bonchev–Trinajstić information content (AvgIpc) is 3.13. The fourth-order valence-corrected chi connectivity index (χ4v) is 7.77. The summed E-state index contributed by atoms with van der Waals surface area (Å²) < 4.78 is 6.08. The number of hydrogen-bond donors (Lipinski definition) is 1. The lowest BCUT2D eigenvalue weighted by atomic mass is 9.76. The van der Waals surface area contributed by atoms with Crippen molar-refractivity contribution in [3.05, 3.63) is 143 Å². The summed E-state index contributed by atoms with van der Waals surface area (Å²) in [4.78, 5) is 45.2. The summed E-state index contributed by atoms with van der Waals surface area (Å²) in [6, 6.07) is 35.7. The van der Waals surface area contributed by atoms with Crippen molar-refractivity contribution < 1.29 is 19.1 Å². The van der Waals surface area contributed by atoms with E-state index in [1.165, 1.54) is 16.8 Å². The van der Waals surface area contributed by atoms with Crippen LogP contribution in [0.4, 0.5) is 16.2 Å². The first-order valence-electron chi connectivity index (χ1n) is 17.1. The molecule has 49 heavy (non-hydrogen) atoms. The van der Waals surface area contributed by atoms with Crippen molar-refractivity contribution in [1.82, 2.24) is 5.32 Å². The van der Waals surface area contributed by atoms with Gasteiger partial charge in [0.2, 0.25) is 0 Å². The fraction of sp³-hybridized carbons (Fsp3) is 0.214. The van der Waals surface area contributed by atoms with E-state index >= 15 is 0 Å². The number of imide groups is 2. The molecule has 0 unspecified atom stereocenters. The quantitative estimate of drug-likeness (QED) is 0.142. The molecule has 0 saturated carbocycles. The maximum absolute atomic E-state index is 14.5. The molecule has 1 fully saturated rings. The molecule has 0 bridgehead atoms. The maximum atomic E-state index is 14.5. The van der Waals surface area contributed by atoms with Gasteiger partial charge in [0.1, 0.15) is 11.3 Å². The van der Waals surface area contributed by atoms with Crippen molar-refractivity contribution in [2.24, 2.45) is 0 Å². The van der Waals surface area contributed by atoms with E-state index in [4.69, 9.17) is 4.74 Å². The Balaban J connectivity index is 1.29. The Morgan fingerprint density at radius 3 is 2.02 bits per heavy atom. The Hall–Kier alpha value is -5.69. The lowest BCUT2D eigenvalue weighted by molar-refractivity contribution is -0.122. The highest BCUT2D eigenvalue weighted by atomic mass is 16.5. The number of fused-ring (bicyclic) bond motifs is 1. The second kappa shape index (κ2) is 12.7. The number of carbonyl (C=O) groups is 3. The third kappa shape index (κ3) is 5.45. The summed E-state index contributed by atoms with van der Waals surface area (Å²) in [5, 5.41) is 4.27. The van der Waals surface area contributed by atoms with E-state index in [1.54, 1.807) is 6.08 Å². The molecule has 4 amide bonds. The molecule has 0 radical (unpaired) electrons. The number of barbiturate groups is 1. The van der Waals surface area contributed by atoms with E-state index in [-0.39, 0.29) is 17.4 Å². The summed E-state index contributed by atoms with van der Waals surface area (Å²) in [6.45, 7) is 4.37. The number of ether oxygens (including phenoxy) is 1. The molecular formula is C42H37N3O4. The van der Waals surface area contributed by atoms with Crippen LogP contribution < -0.4 is 19.9 Å². The largest absolute Gasteiger partial charge is 0.493 e. The number of benzene rings is 5. The van der Waals surface area contributed by atoms with Crippen LogP contribution in [-0.2, 0) is 9.59 Å². The summed E-state index contributed by atoms with van der Waals surface area (Å²) in [5.74, 6) is -0.628. The van der Waals surface area contributed by atoms with Gasteiger partial charge in [0.05, 0.1) is 12.3 Å². The van der Waals surface area contributed by atoms with Gasteiger partial charge in [-0.15, -0.1) is 0 Å². The summed E-state index contributed by atoms with van der Waals surface area (Å²) in [5.41, 5.74) is 6.74. The molecule has 0 aromatic heterocycles. The van der Waals surface area contributed by atoms with E-state index in [2.05, 4.69) is 58.7 Å². The number of amides is 4. The molecule has 7 heteroatoms. The number of urea groups is 1. The highest BCUT2D eigenvalue weighted by Crippen LogP contribution is 2.50. The van der Waals surface area contributed by atoms with Crippen LogP contribution in [0, 0.1) is 0 Å². The van der Waals surface area contributed by atoms with Gasteiger partial charge in [-0.05, 0) is 76.6 Å². The predicted molar refractivity (Wildman–Crippen MR) is 193 cm³/mol. The molecule has 5 aromatic rings. The molecular weight excluding hydrogens is 610 g/mol. The monoisotopic (exact) mass is 647 g/mol. The van der Waals surface area contributed by atoms with Gasteiger partial charge in [-0.1, -0.05) is 97.9 Å². The topological polar surface area (TPSA) is 79.0 Å². The lowest BCUT2D eigenvalue weighted by Crippen LogP contribution is -2.54. The number of nitrogens with one attached hydrogen (secondary N) is 1. The molecule has 5 aromatic carbocycles. The Bertz CT molecular complexity index is 2050. The van der Waals surface area contributed by atoms with Crippen molar-refractivity contribution in [3.8, 4) is 5.75 Å². The van der Waals surface area contributed by atoms with Crippen LogP contribution in [0.2, 0.25) is 0 Å². The zero-order valence-electron chi connectivity index (χ0n) is 27.4. The van der Waals surface area contributed by atoms with Crippen molar-refractivity contribution in [2.75, 3.05) is 29.5 Å². The predicted octanol–water partition coefficient (Wildman–Crippen LogP) is 8.17. The van der Waals surface area contributed by atoms with Gasteiger partial charge < -0.3 is 9.64 Å². The van der Waals surface area contributed by atoms with Crippen molar-refractivity contribution in [1.29, 1.82) is 0 Å². The standard InChI is InChI=1S/C42H37N3O4/c1-2-23-49-38-18-17-29-15-9-10-16-31(29)34(38)26-37-40(46)43-42(48)45(41(37)47)30-24-35-32(27-11-5-3-6-12-27)19-21-44-22-20-33(36(25-30)39(35)44)28-13-7-4-8-14-28/h3-18,24-26,32-33H,2,19-23H2,1H3,(H,43,46,48)/b37-26+/t32-,33-/m1/s1. The van der Waals surface area contributed by atoms with Crippen molar-refractivity contribution >= 4 is 46.1 Å². The average molecular weight is 648 g/mol. The third-order valence-electron chi connectivity index (χ3n) is 10.0. The molecule has 0 aliphatic carbocycles. The van der Waals surface area contributed by atoms with Crippen LogP contribution in [0.1, 0.15) is 65.8 Å². The number of hydrogen-bond acceptors (Lipinski definition) is 5. The normalized spacial score (nSPS) is 19.6. The highest BCUT2D eigenvalue weighted by molar-refractivity contribution is 6.39. The molecule has 3 aliphatic rings. The Morgan fingerprint density at radius 1 is 0.776 bits per heavy atom. The first kappa shape index (κ1) is 30.6. The minimum atomic E-state index is -0.754. The summed E-state index contributed by atoms with van der Waals surface area (Å²) in [6.07, 6.45) is 4.22. The second-order valence-electron chi connectivity index (χ2n) is 13.0. The molecule has 8 rings (SSSR count). The zero-order valence-corrected chi connectivity index (χ0v) is 27.4.